The van der Waals surface area contributed by atoms with Crippen LogP contribution >= 0.6 is 39.1 Å². The number of benzene rings is 2. The SMILES string of the molecule is O=C(c1ccc(Cl)cc1)C(Br)C(=O)c1ccc(Cl)cc1. The Kier molecular flexibility index (Phi) is 4.97. The zero-order valence-corrected chi connectivity index (χ0v) is 13.2. The minimum Gasteiger partial charge on any atom is -0.292 e. The maximum absolute atomic E-state index is 12.2. The van der Waals surface area contributed by atoms with E-state index in [1.165, 1.54) is 0 Å². The van der Waals surface area contributed by atoms with Crippen molar-refractivity contribution in [1.29, 1.82) is 0 Å². The molecule has 20 heavy (non-hydrogen) atoms. The highest BCUT2D eigenvalue weighted by Crippen LogP contribution is 2.19. The van der Waals surface area contributed by atoms with E-state index in [4.69, 9.17) is 23.2 Å². The lowest BCUT2D eigenvalue weighted by atomic mass is 10.0. The number of hydrogen-bond acceptors (Lipinski definition) is 2. The molecule has 0 saturated heterocycles. The number of rotatable bonds is 4. The Bertz CT molecular complexity index is 578. The van der Waals surface area contributed by atoms with Crippen LogP contribution in [0.15, 0.2) is 48.5 Å². The highest BCUT2D eigenvalue weighted by atomic mass is 79.9. The quantitative estimate of drug-likeness (QED) is 0.438. The lowest BCUT2D eigenvalue weighted by molar-refractivity contribution is 0.0906. The molecule has 2 aromatic carbocycles. The summed E-state index contributed by atoms with van der Waals surface area (Å²) < 4.78 is 0. The summed E-state index contributed by atoms with van der Waals surface area (Å²) in [5.74, 6) is -0.608. The van der Waals surface area contributed by atoms with Crippen LogP contribution in [0.3, 0.4) is 0 Å². The fourth-order valence-electron chi connectivity index (χ4n) is 1.64. The van der Waals surface area contributed by atoms with Gasteiger partial charge in [-0.05, 0) is 48.5 Å². The first kappa shape index (κ1) is 15.2. The number of carbonyl (C=O) groups is 2. The van der Waals surface area contributed by atoms with Gasteiger partial charge in [0.05, 0.1) is 0 Å². The zero-order chi connectivity index (χ0) is 14.7. The van der Waals surface area contributed by atoms with Gasteiger partial charge in [0.25, 0.3) is 0 Å². The average molecular weight is 372 g/mol. The molecule has 0 aliphatic carbocycles. The molecular weight excluding hydrogens is 363 g/mol. The van der Waals surface area contributed by atoms with Crippen molar-refractivity contribution in [3.63, 3.8) is 0 Å². The second-order valence-corrected chi connectivity index (χ2v) is 5.89. The van der Waals surface area contributed by atoms with E-state index in [2.05, 4.69) is 15.9 Å². The number of hydrogen-bond donors (Lipinski definition) is 0. The van der Waals surface area contributed by atoms with E-state index in [-0.39, 0.29) is 11.6 Å². The van der Waals surface area contributed by atoms with Crippen LogP contribution in [0, 0.1) is 0 Å². The minimum absolute atomic E-state index is 0.304. The van der Waals surface area contributed by atoms with Crippen molar-refractivity contribution >= 4 is 50.7 Å². The number of carbonyl (C=O) groups excluding carboxylic acids is 2. The number of halogens is 3. The normalized spacial score (nSPS) is 10.6. The van der Waals surface area contributed by atoms with Gasteiger partial charge in [0.1, 0.15) is 4.83 Å². The average Bonchev–Trinajstić information content (AvgIpc) is 2.46. The molecule has 0 unspecified atom stereocenters. The Balaban J connectivity index is 2.20. The molecule has 2 nitrogen and oxygen atoms in total. The van der Waals surface area contributed by atoms with Gasteiger partial charge in [-0.2, -0.15) is 0 Å². The summed E-state index contributed by atoms with van der Waals surface area (Å²) in [6.45, 7) is 0. The molecule has 0 bridgehead atoms. The molecule has 5 heteroatoms. The predicted molar refractivity (Wildman–Crippen MR) is 84.3 cm³/mol. The van der Waals surface area contributed by atoms with Gasteiger partial charge in [0, 0.05) is 21.2 Å². The highest BCUT2D eigenvalue weighted by Gasteiger charge is 2.25. The predicted octanol–water partition coefficient (Wildman–Crippen LogP) is 4.82. The second-order valence-electron chi connectivity index (χ2n) is 4.10. The summed E-state index contributed by atoms with van der Waals surface area (Å²) in [7, 11) is 0. The first-order valence-corrected chi connectivity index (χ1v) is 7.40. The van der Waals surface area contributed by atoms with Crippen molar-refractivity contribution in [2.45, 2.75) is 4.83 Å². The van der Waals surface area contributed by atoms with Crippen LogP contribution in [-0.2, 0) is 0 Å². The molecule has 0 fully saturated rings. The molecule has 0 N–H and O–H groups in total. The monoisotopic (exact) mass is 370 g/mol. The van der Waals surface area contributed by atoms with Crippen LogP contribution in [0.4, 0.5) is 0 Å². The van der Waals surface area contributed by atoms with Gasteiger partial charge in [-0.25, -0.2) is 0 Å². The molecular formula is C15H9BrCl2O2. The minimum atomic E-state index is -0.926. The zero-order valence-electron chi connectivity index (χ0n) is 10.1. The lowest BCUT2D eigenvalue weighted by Crippen LogP contribution is -2.24. The molecule has 0 saturated carbocycles. The van der Waals surface area contributed by atoms with Crippen LogP contribution in [0.5, 0.6) is 0 Å². The maximum Gasteiger partial charge on any atom is 0.184 e. The van der Waals surface area contributed by atoms with Crippen molar-refractivity contribution in [2.24, 2.45) is 0 Å². The third-order valence-corrected chi connectivity index (χ3v) is 4.05. The molecule has 0 aliphatic rings. The molecule has 0 atom stereocenters. The van der Waals surface area contributed by atoms with E-state index < -0.39 is 4.83 Å². The van der Waals surface area contributed by atoms with E-state index in [1.54, 1.807) is 48.5 Å². The molecule has 102 valence electrons. The third kappa shape index (κ3) is 3.48. The van der Waals surface area contributed by atoms with Gasteiger partial charge in [0.2, 0.25) is 0 Å². The molecule has 2 rings (SSSR count). The standard InChI is InChI=1S/C15H9BrCl2O2/c16-13(14(19)9-1-5-11(17)6-2-9)15(20)10-3-7-12(18)8-4-10/h1-8,13H. The summed E-state index contributed by atoms with van der Waals surface area (Å²) in [5.41, 5.74) is 0.858. The van der Waals surface area contributed by atoms with Crippen molar-refractivity contribution in [1.82, 2.24) is 0 Å². The van der Waals surface area contributed by atoms with Crippen LogP contribution in [0.2, 0.25) is 10.0 Å². The van der Waals surface area contributed by atoms with E-state index in [0.29, 0.717) is 21.2 Å². The number of alkyl halides is 1. The molecule has 0 aliphatic heterocycles. The summed E-state index contributed by atoms with van der Waals surface area (Å²) in [6, 6.07) is 12.8. The molecule has 0 spiro atoms. The summed E-state index contributed by atoms with van der Waals surface area (Å²) in [4.78, 5) is 23.5. The molecule has 0 heterocycles. The van der Waals surface area contributed by atoms with Gasteiger partial charge in [0.15, 0.2) is 11.6 Å². The van der Waals surface area contributed by atoms with E-state index >= 15 is 0 Å². The Morgan fingerprint density at radius 3 is 1.35 bits per heavy atom. The van der Waals surface area contributed by atoms with Crippen molar-refractivity contribution in [3.05, 3.63) is 69.7 Å². The van der Waals surface area contributed by atoms with Gasteiger partial charge in [-0.15, -0.1) is 0 Å². The topological polar surface area (TPSA) is 34.1 Å². The van der Waals surface area contributed by atoms with Crippen molar-refractivity contribution < 1.29 is 9.59 Å². The van der Waals surface area contributed by atoms with Gasteiger partial charge in [-0.1, -0.05) is 39.1 Å². The van der Waals surface area contributed by atoms with Gasteiger partial charge in [-0.3, -0.25) is 9.59 Å². The first-order valence-electron chi connectivity index (χ1n) is 5.72. The van der Waals surface area contributed by atoms with Crippen LogP contribution in [0.25, 0.3) is 0 Å². The third-order valence-electron chi connectivity index (χ3n) is 2.72. The Morgan fingerprint density at radius 2 is 1.05 bits per heavy atom. The molecule has 0 radical (unpaired) electrons. The van der Waals surface area contributed by atoms with Crippen molar-refractivity contribution in [2.75, 3.05) is 0 Å². The number of Topliss-reactive ketones (excluding diaryl/α,β-unsaturated/α-hetero) is 2. The van der Waals surface area contributed by atoms with E-state index in [1.807, 2.05) is 0 Å². The largest absolute Gasteiger partial charge is 0.292 e. The van der Waals surface area contributed by atoms with E-state index in [9.17, 15) is 9.59 Å². The molecule has 0 amide bonds. The first-order chi connectivity index (χ1) is 9.49. The summed E-state index contributed by atoms with van der Waals surface area (Å²) >= 11 is 14.7. The highest BCUT2D eigenvalue weighted by molar-refractivity contribution is 9.10. The van der Waals surface area contributed by atoms with Gasteiger partial charge >= 0.3 is 0 Å². The summed E-state index contributed by atoms with van der Waals surface area (Å²) in [6.07, 6.45) is 0. The Labute approximate surface area is 134 Å². The smallest absolute Gasteiger partial charge is 0.184 e. The van der Waals surface area contributed by atoms with Crippen LogP contribution in [-0.4, -0.2) is 16.4 Å². The van der Waals surface area contributed by atoms with Crippen LogP contribution < -0.4 is 0 Å². The van der Waals surface area contributed by atoms with Crippen molar-refractivity contribution in [3.8, 4) is 0 Å². The fraction of sp³-hybridized carbons (Fsp3) is 0.0667. The Morgan fingerprint density at radius 1 is 0.750 bits per heavy atom. The lowest BCUT2D eigenvalue weighted by Gasteiger charge is -2.08. The Hall–Kier alpha value is -1.16. The molecule has 0 aromatic heterocycles. The fourth-order valence-corrected chi connectivity index (χ4v) is 2.42. The summed E-state index contributed by atoms with van der Waals surface area (Å²) in [5, 5.41) is 1.08. The van der Waals surface area contributed by atoms with E-state index in [0.717, 1.165) is 0 Å². The van der Waals surface area contributed by atoms with Crippen LogP contribution in [0.1, 0.15) is 20.7 Å². The molecule has 2 aromatic rings. The van der Waals surface area contributed by atoms with Gasteiger partial charge < -0.3 is 0 Å². The second kappa shape index (κ2) is 6.53. The maximum atomic E-state index is 12.2. The number of ketones is 2.